The van der Waals surface area contributed by atoms with E-state index in [0.717, 1.165) is 57.8 Å². The normalized spacial score (nSPS) is 14.2. The van der Waals surface area contributed by atoms with Crippen molar-refractivity contribution in [1.29, 1.82) is 0 Å². The van der Waals surface area contributed by atoms with Crippen LogP contribution in [0, 0.1) is 0 Å². The van der Waals surface area contributed by atoms with Gasteiger partial charge in [0.1, 0.15) is 0 Å². The summed E-state index contributed by atoms with van der Waals surface area (Å²) in [6.07, 6.45) is 9.18. The van der Waals surface area contributed by atoms with Gasteiger partial charge >= 0.3 is 46.7 Å². The van der Waals surface area contributed by atoms with E-state index in [9.17, 15) is 27.4 Å². The molecule has 63 heavy (non-hydrogen) atoms. The van der Waals surface area contributed by atoms with Gasteiger partial charge in [-0.25, -0.2) is 22.8 Å². The molecule has 390 valence electrons. The molecule has 0 aromatic carbocycles. The van der Waals surface area contributed by atoms with E-state index in [-0.39, 0.29) is 39.6 Å². The van der Waals surface area contributed by atoms with E-state index < -0.39 is 46.7 Å². The number of hydrogen-bond donors (Lipinski definition) is 6. The van der Waals surface area contributed by atoms with Gasteiger partial charge in [0.05, 0.1) is 72.7 Å². The van der Waals surface area contributed by atoms with Crippen molar-refractivity contribution in [1.82, 2.24) is 0 Å². The highest BCUT2D eigenvalue weighted by Gasteiger charge is 2.25. The van der Waals surface area contributed by atoms with Crippen LogP contribution in [0.2, 0.25) is 0 Å². The molecule has 0 saturated carbocycles. The molecule has 0 aliphatic carbocycles. The quantitative estimate of drug-likeness (QED) is 0.0263. The summed E-state index contributed by atoms with van der Waals surface area (Å²) in [5.41, 5.74) is 0. The van der Waals surface area contributed by atoms with E-state index in [1.54, 1.807) is 13.8 Å². The molecule has 0 heterocycles. The molecule has 0 spiro atoms. The van der Waals surface area contributed by atoms with E-state index in [1.807, 2.05) is 48.5 Å². The van der Waals surface area contributed by atoms with Crippen LogP contribution in [0.15, 0.2) is 0 Å². The first-order valence-electron chi connectivity index (χ1n) is 21.2. The fraction of sp³-hybridized carbons (Fsp3) is 1.00. The van der Waals surface area contributed by atoms with Gasteiger partial charge in [0.2, 0.25) is 0 Å². The van der Waals surface area contributed by atoms with E-state index in [2.05, 4.69) is 43.1 Å². The van der Waals surface area contributed by atoms with Crippen molar-refractivity contribution in [2.45, 2.75) is 147 Å². The molecular formula is C34H86O23P6. The van der Waals surface area contributed by atoms with Gasteiger partial charge in [0, 0.05) is 6.66 Å². The van der Waals surface area contributed by atoms with Gasteiger partial charge in [-0.1, -0.05) is 74.7 Å². The molecule has 3 unspecified atom stereocenters. The zero-order chi connectivity index (χ0) is 50.3. The van der Waals surface area contributed by atoms with Crippen molar-refractivity contribution in [3.63, 3.8) is 0 Å². The van der Waals surface area contributed by atoms with E-state index in [0.29, 0.717) is 45.9 Å². The van der Waals surface area contributed by atoms with Crippen LogP contribution in [0.25, 0.3) is 0 Å². The zero-order valence-corrected chi connectivity index (χ0v) is 45.2. The minimum absolute atomic E-state index is 0.0459. The number of rotatable bonds is 33. The van der Waals surface area contributed by atoms with Crippen molar-refractivity contribution < 1.29 is 107 Å². The first kappa shape index (κ1) is 75.2. The van der Waals surface area contributed by atoms with Crippen LogP contribution >= 0.6 is 46.7 Å². The Hall–Kier alpha value is 0.700. The zero-order valence-electron chi connectivity index (χ0n) is 39.9. The summed E-state index contributed by atoms with van der Waals surface area (Å²) in [5.74, 6) is 0. The Labute approximate surface area is 378 Å². The molecule has 0 aromatic heterocycles. The van der Waals surface area contributed by atoms with Crippen LogP contribution in [0.5, 0.6) is 0 Å². The summed E-state index contributed by atoms with van der Waals surface area (Å²) < 4.78 is 115. The summed E-state index contributed by atoms with van der Waals surface area (Å²) in [7, 11) is -21.8. The van der Waals surface area contributed by atoms with Gasteiger partial charge in [0.15, 0.2) is 0 Å². The van der Waals surface area contributed by atoms with Gasteiger partial charge in [-0.15, -0.1) is 0 Å². The Morgan fingerprint density at radius 2 is 0.571 bits per heavy atom. The highest BCUT2D eigenvalue weighted by atomic mass is 31.2. The molecular weight excluding hydrogens is 962 g/mol. The lowest BCUT2D eigenvalue weighted by Gasteiger charge is -2.16. The van der Waals surface area contributed by atoms with Crippen molar-refractivity contribution in [3.8, 4) is 0 Å². The Morgan fingerprint density at radius 1 is 0.302 bits per heavy atom. The number of unbranched alkanes of at least 4 members (excludes halogenated alkanes) is 3. The van der Waals surface area contributed by atoms with Crippen molar-refractivity contribution in [2.24, 2.45) is 0 Å². The number of phosphoric acid groups is 5. The van der Waals surface area contributed by atoms with E-state index >= 15 is 0 Å². The second kappa shape index (κ2) is 49.1. The van der Waals surface area contributed by atoms with Crippen LogP contribution in [-0.2, 0) is 77.2 Å². The summed E-state index contributed by atoms with van der Waals surface area (Å²) in [5, 5.41) is 0. The molecule has 6 N–H and O–H groups in total. The average molecular weight is 1050 g/mol. The highest BCUT2D eigenvalue weighted by Crippen LogP contribution is 2.49. The number of phosphoric ester groups is 5. The van der Waals surface area contributed by atoms with Crippen LogP contribution in [-0.4, -0.2) is 109 Å². The average Bonchev–Trinajstić information content (AvgIpc) is 3.18. The fourth-order valence-corrected chi connectivity index (χ4v) is 7.58. The maximum atomic E-state index is 11.8. The first-order valence-corrected chi connectivity index (χ1v) is 30.7. The predicted octanol–water partition coefficient (Wildman–Crippen LogP) is 10.9. The minimum atomic E-state index is -4.17. The Bertz CT molecular complexity index is 1210. The van der Waals surface area contributed by atoms with Crippen LogP contribution in [0.1, 0.15) is 147 Å². The Balaban J connectivity index is -0.000000157. The van der Waals surface area contributed by atoms with Gasteiger partial charge in [-0.05, 0) is 72.1 Å². The molecule has 0 aromatic rings. The van der Waals surface area contributed by atoms with Gasteiger partial charge in [-0.3, -0.25) is 49.8 Å². The van der Waals surface area contributed by atoms with Crippen molar-refractivity contribution in [2.75, 3.05) is 79.3 Å². The summed E-state index contributed by atoms with van der Waals surface area (Å²) in [6.45, 7) is 24.6. The molecule has 0 fully saturated rings. The maximum absolute atomic E-state index is 11.8. The molecule has 0 radical (unpaired) electrons. The molecule has 29 heteroatoms. The third-order valence-electron chi connectivity index (χ3n) is 5.45. The van der Waals surface area contributed by atoms with Crippen LogP contribution < -0.4 is 0 Å². The maximum Gasteiger partial charge on any atom is 0.474 e. The van der Waals surface area contributed by atoms with Crippen molar-refractivity contribution in [3.05, 3.63) is 0 Å². The Kier molecular flexibility index (Phi) is 58.7. The Morgan fingerprint density at radius 3 is 0.810 bits per heavy atom. The highest BCUT2D eigenvalue weighted by molar-refractivity contribution is 7.52. The third-order valence-corrected chi connectivity index (χ3v) is 11.4. The monoisotopic (exact) mass is 1050 g/mol. The molecule has 0 rings (SSSR count). The standard InChI is InChI=1S/C9H21O4P.C7H17O4P.2C6H15O4P.C4H11O3P.C2H7O4P/c1-4-7-11-14(10,12-8-5-2)13-9-6-3;1-3-5-6-7-11-12(8,9)10-4-2;1-3-5-6-10-11(7,8)9-4-2;1-3-5-9-11(7,8)10-6-4-2;1-3-4-7-8(2,5)6;1-2-6-7(3,4)5/h4-9H2,1-3H3;3-7H2,1-2H3,(H,8,9);2*3-6H2,1-2H3,(H,7,8);3-4H2,1-2H3,(H,5,6);2H2,1H3,(H2,3,4,5). The van der Waals surface area contributed by atoms with Crippen molar-refractivity contribution >= 4 is 46.7 Å². The summed E-state index contributed by atoms with van der Waals surface area (Å²) in [6, 6.07) is 0. The van der Waals surface area contributed by atoms with E-state index in [1.165, 1.54) is 13.6 Å². The first-order chi connectivity index (χ1) is 29.2. The smallest absolute Gasteiger partial charge is 0.324 e. The lowest BCUT2D eigenvalue weighted by Crippen LogP contribution is -2.02. The SMILES string of the molecule is CCCCCOP(=O)(O)OCC.CCCCOP(=O)(O)OCC.CCCOP(=O)(O)OCCC.CCCOP(=O)(OCCC)OCCC.CCCOP(C)(=O)O.CCOP(=O)(O)O. The predicted molar refractivity (Wildman–Crippen MR) is 244 cm³/mol. The largest absolute Gasteiger partial charge is 0.474 e. The van der Waals surface area contributed by atoms with Gasteiger partial charge in [0.25, 0.3) is 0 Å². The number of hydrogen-bond acceptors (Lipinski definition) is 17. The van der Waals surface area contributed by atoms with Gasteiger partial charge < -0.3 is 33.9 Å². The molecule has 0 bridgehead atoms. The fourth-order valence-electron chi connectivity index (χ4n) is 2.86. The molecule has 0 amide bonds. The molecule has 23 nitrogen and oxygen atoms in total. The lowest BCUT2D eigenvalue weighted by molar-refractivity contribution is 0.113. The molecule has 3 atom stereocenters. The molecule has 0 aliphatic rings. The second-order valence-corrected chi connectivity index (χ2v) is 21.3. The molecule has 0 saturated heterocycles. The van der Waals surface area contributed by atoms with Crippen LogP contribution in [0.4, 0.5) is 0 Å². The third kappa shape index (κ3) is 74.5. The minimum Gasteiger partial charge on any atom is -0.324 e. The summed E-state index contributed by atoms with van der Waals surface area (Å²) in [4.78, 5) is 51.0. The molecule has 0 aliphatic heterocycles. The summed E-state index contributed by atoms with van der Waals surface area (Å²) >= 11 is 0. The van der Waals surface area contributed by atoms with E-state index in [4.69, 9.17) is 42.9 Å². The second-order valence-electron chi connectivity index (χ2n) is 12.1. The topological polar surface area (TPSA) is 325 Å². The van der Waals surface area contributed by atoms with Crippen LogP contribution in [0.3, 0.4) is 0 Å². The van der Waals surface area contributed by atoms with Gasteiger partial charge in [-0.2, -0.15) is 0 Å². The lowest BCUT2D eigenvalue weighted by atomic mass is 10.3.